The van der Waals surface area contributed by atoms with Crippen molar-refractivity contribution in [3.8, 4) is 0 Å². The van der Waals surface area contributed by atoms with E-state index in [9.17, 15) is 14.7 Å². The molecule has 0 radical (unpaired) electrons. The van der Waals surface area contributed by atoms with E-state index in [1.165, 1.54) is 12.8 Å². The van der Waals surface area contributed by atoms with Gasteiger partial charge in [-0.15, -0.1) is 0 Å². The smallest absolute Gasteiger partial charge is 0.328 e. The largest absolute Gasteiger partial charge is 0.478 e. The van der Waals surface area contributed by atoms with Crippen LogP contribution in [0.25, 0.3) is 0 Å². The summed E-state index contributed by atoms with van der Waals surface area (Å²) in [6.07, 6.45) is 9.84. The third-order valence-corrected chi connectivity index (χ3v) is 6.48. The topological polar surface area (TPSA) is 74.6 Å². The lowest BCUT2D eigenvalue weighted by Gasteiger charge is -2.56. The molecule has 2 N–H and O–H groups in total. The first-order valence-electron chi connectivity index (χ1n) is 8.93. The third-order valence-electron chi connectivity index (χ3n) is 6.48. The van der Waals surface area contributed by atoms with E-state index < -0.39 is 5.97 Å². The van der Waals surface area contributed by atoms with Gasteiger partial charge in [-0.2, -0.15) is 0 Å². The van der Waals surface area contributed by atoms with Crippen LogP contribution < -0.4 is 0 Å². The predicted molar refractivity (Wildman–Crippen MR) is 93.5 cm³/mol. The molecule has 0 aromatic heterocycles. The molecule has 2 rings (SSSR count). The second-order valence-electron chi connectivity index (χ2n) is 8.35. The van der Waals surface area contributed by atoms with Gasteiger partial charge in [0, 0.05) is 6.08 Å². The average molecular weight is 334 g/mol. The van der Waals surface area contributed by atoms with Crippen molar-refractivity contribution in [2.75, 3.05) is 6.61 Å². The zero-order chi connectivity index (χ0) is 18.0. The maximum atomic E-state index is 11.6. The molecule has 0 amide bonds. The van der Waals surface area contributed by atoms with E-state index in [4.69, 9.17) is 5.11 Å². The van der Waals surface area contributed by atoms with E-state index in [1.807, 2.05) is 0 Å². The molecule has 0 saturated heterocycles. The lowest BCUT2D eigenvalue weighted by atomic mass is 9.48. The van der Waals surface area contributed by atoms with Crippen molar-refractivity contribution in [1.29, 1.82) is 0 Å². The van der Waals surface area contributed by atoms with Gasteiger partial charge in [-0.25, -0.2) is 4.79 Å². The van der Waals surface area contributed by atoms with Crippen LogP contribution in [0.3, 0.4) is 0 Å². The number of aliphatic hydroxyl groups is 1. The Morgan fingerprint density at radius 1 is 1.33 bits per heavy atom. The molecule has 0 bridgehead atoms. The lowest BCUT2D eigenvalue weighted by Crippen LogP contribution is -2.48. The van der Waals surface area contributed by atoms with Gasteiger partial charge in [0.2, 0.25) is 0 Å². The van der Waals surface area contributed by atoms with Gasteiger partial charge in [-0.05, 0) is 65.9 Å². The Bertz CT molecular complexity index is 558. The number of aldehydes is 1. The minimum absolute atomic E-state index is 0.0660. The Hall–Kier alpha value is -1.42. The van der Waals surface area contributed by atoms with Crippen LogP contribution in [0.2, 0.25) is 0 Å². The van der Waals surface area contributed by atoms with E-state index >= 15 is 0 Å². The van der Waals surface area contributed by atoms with Gasteiger partial charge in [0.05, 0.1) is 6.61 Å². The summed E-state index contributed by atoms with van der Waals surface area (Å²) >= 11 is 0. The van der Waals surface area contributed by atoms with Crippen LogP contribution in [-0.2, 0) is 9.59 Å². The van der Waals surface area contributed by atoms with Crippen LogP contribution in [-0.4, -0.2) is 29.1 Å². The SMILES string of the molecule is CC1(C)CCCC2(C)C(CCC(=CC(=O)O)CO)C(C=O)=CCC12. The number of rotatable bonds is 6. The van der Waals surface area contributed by atoms with Gasteiger partial charge >= 0.3 is 5.97 Å². The van der Waals surface area contributed by atoms with E-state index in [-0.39, 0.29) is 23.4 Å². The van der Waals surface area contributed by atoms with Crippen molar-refractivity contribution in [3.63, 3.8) is 0 Å². The number of carbonyl (C=O) groups is 2. The monoisotopic (exact) mass is 334 g/mol. The number of aliphatic hydroxyl groups excluding tert-OH is 1. The van der Waals surface area contributed by atoms with Crippen LogP contribution >= 0.6 is 0 Å². The Morgan fingerprint density at radius 2 is 2.04 bits per heavy atom. The van der Waals surface area contributed by atoms with Crippen molar-refractivity contribution < 1.29 is 19.8 Å². The number of hydrogen-bond acceptors (Lipinski definition) is 3. The fraction of sp³-hybridized carbons (Fsp3) is 0.700. The zero-order valence-electron chi connectivity index (χ0n) is 15.0. The molecule has 2 aliphatic rings. The first-order valence-corrected chi connectivity index (χ1v) is 8.93. The Morgan fingerprint density at radius 3 is 2.62 bits per heavy atom. The van der Waals surface area contributed by atoms with Gasteiger partial charge < -0.3 is 10.2 Å². The van der Waals surface area contributed by atoms with Gasteiger partial charge in [0.1, 0.15) is 6.29 Å². The molecule has 24 heavy (non-hydrogen) atoms. The molecular formula is C20H30O4. The van der Waals surface area contributed by atoms with Crippen LogP contribution in [0.15, 0.2) is 23.3 Å². The summed E-state index contributed by atoms with van der Waals surface area (Å²) in [7, 11) is 0. The quantitative estimate of drug-likeness (QED) is 0.573. The summed E-state index contributed by atoms with van der Waals surface area (Å²) in [6, 6.07) is 0. The molecule has 4 heteroatoms. The number of carboxylic acids is 1. The van der Waals surface area contributed by atoms with Crippen LogP contribution in [0.4, 0.5) is 0 Å². The number of carbonyl (C=O) groups excluding carboxylic acids is 1. The first kappa shape index (κ1) is 18.9. The standard InChI is InChI=1S/C20H30O4/c1-19(2)9-4-10-20(3)16(15(13-22)6-8-17(19)20)7-5-14(12-21)11-18(23)24/h6,11,13,16-17,21H,4-5,7-10,12H2,1-3H3,(H,23,24). The molecule has 4 nitrogen and oxygen atoms in total. The molecule has 3 atom stereocenters. The highest BCUT2D eigenvalue weighted by atomic mass is 16.4. The zero-order valence-corrected chi connectivity index (χ0v) is 15.0. The van der Waals surface area contributed by atoms with E-state index in [2.05, 4.69) is 26.8 Å². The van der Waals surface area contributed by atoms with Crippen molar-refractivity contribution in [2.24, 2.45) is 22.7 Å². The summed E-state index contributed by atoms with van der Waals surface area (Å²) in [5.41, 5.74) is 1.70. The fourth-order valence-electron chi connectivity index (χ4n) is 5.28. The van der Waals surface area contributed by atoms with E-state index in [0.29, 0.717) is 24.3 Å². The molecule has 2 aliphatic carbocycles. The van der Waals surface area contributed by atoms with Crippen molar-refractivity contribution in [3.05, 3.63) is 23.3 Å². The molecule has 1 saturated carbocycles. The number of hydrogen-bond donors (Lipinski definition) is 2. The molecular weight excluding hydrogens is 304 g/mol. The maximum Gasteiger partial charge on any atom is 0.328 e. The number of carboxylic acid groups (broad SMARTS) is 1. The maximum absolute atomic E-state index is 11.6. The van der Waals surface area contributed by atoms with E-state index in [1.54, 1.807) is 0 Å². The summed E-state index contributed by atoms with van der Waals surface area (Å²) in [6.45, 7) is 6.72. The van der Waals surface area contributed by atoms with E-state index in [0.717, 1.165) is 30.8 Å². The first-order chi connectivity index (χ1) is 11.2. The highest BCUT2D eigenvalue weighted by molar-refractivity contribution is 5.80. The number of allylic oxidation sites excluding steroid dienone is 2. The predicted octanol–water partition coefficient (Wildman–Crippen LogP) is 3.75. The lowest BCUT2D eigenvalue weighted by molar-refractivity contribution is -0.131. The summed E-state index contributed by atoms with van der Waals surface area (Å²) < 4.78 is 0. The Balaban J connectivity index is 2.27. The number of fused-ring (bicyclic) bond motifs is 1. The molecule has 134 valence electrons. The highest BCUT2D eigenvalue weighted by Gasteiger charge is 2.52. The van der Waals surface area contributed by atoms with Gasteiger partial charge in [-0.3, -0.25) is 4.79 Å². The summed E-state index contributed by atoms with van der Waals surface area (Å²) in [5, 5.41) is 18.3. The molecule has 0 aromatic carbocycles. The second kappa shape index (κ2) is 7.22. The van der Waals surface area contributed by atoms with Gasteiger partial charge in [0.25, 0.3) is 0 Å². The van der Waals surface area contributed by atoms with Crippen molar-refractivity contribution in [1.82, 2.24) is 0 Å². The molecule has 0 aliphatic heterocycles. The molecule has 0 heterocycles. The Labute approximate surface area is 144 Å². The fourth-order valence-corrected chi connectivity index (χ4v) is 5.28. The molecule has 0 aromatic rings. The van der Waals surface area contributed by atoms with Gasteiger partial charge in [-0.1, -0.05) is 33.3 Å². The second-order valence-corrected chi connectivity index (χ2v) is 8.35. The number of aliphatic carboxylic acids is 1. The average Bonchev–Trinajstić information content (AvgIpc) is 2.50. The van der Waals surface area contributed by atoms with Crippen LogP contribution in [0.1, 0.15) is 59.3 Å². The highest BCUT2D eigenvalue weighted by Crippen LogP contribution is 2.60. The van der Waals surface area contributed by atoms with Crippen molar-refractivity contribution in [2.45, 2.75) is 59.3 Å². The third kappa shape index (κ3) is 3.64. The summed E-state index contributed by atoms with van der Waals surface area (Å²) in [4.78, 5) is 22.5. The molecule has 0 spiro atoms. The molecule has 3 unspecified atom stereocenters. The van der Waals surface area contributed by atoms with Gasteiger partial charge in [0.15, 0.2) is 0 Å². The minimum atomic E-state index is -1.03. The molecule has 1 fully saturated rings. The van der Waals surface area contributed by atoms with Crippen LogP contribution in [0.5, 0.6) is 0 Å². The van der Waals surface area contributed by atoms with Crippen LogP contribution in [0, 0.1) is 22.7 Å². The minimum Gasteiger partial charge on any atom is -0.478 e. The summed E-state index contributed by atoms with van der Waals surface area (Å²) in [5.74, 6) is -0.359. The Kier molecular flexibility index (Phi) is 5.69. The van der Waals surface area contributed by atoms with Crippen molar-refractivity contribution >= 4 is 12.3 Å². The normalized spacial score (nSPS) is 32.7.